The summed E-state index contributed by atoms with van der Waals surface area (Å²) in [4.78, 5) is 15.1. The SMILES string of the molecule is CNC1CCCc2[nH]c(=O)c3c(c21)COCC3. The lowest BCUT2D eigenvalue weighted by Gasteiger charge is -2.30. The second kappa shape index (κ2) is 4.27. The maximum absolute atomic E-state index is 12.0. The quantitative estimate of drug-likeness (QED) is 0.763. The van der Waals surface area contributed by atoms with Crippen LogP contribution in [0.25, 0.3) is 0 Å². The molecule has 1 aromatic rings. The fraction of sp³-hybridized carbons (Fsp3) is 0.615. The number of aromatic amines is 1. The van der Waals surface area contributed by atoms with E-state index in [0.29, 0.717) is 19.3 Å². The van der Waals surface area contributed by atoms with Crippen LogP contribution in [0.15, 0.2) is 4.79 Å². The third-order valence-corrected chi connectivity index (χ3v) is 3.91. The number of aromatic nitrogens is 1. The molecule has 0 saturated carbocycles. The number of hydrogen-bond acceptors (Lipinski definition) is 3. The normalized spacial score (nSPS) is 23.0. The van der Waals surface area contributed by atoms with Crippen LogP contribution < -0.4 is 10.9 Å². The Labute approximate surface area is 100 Å². The van der Waals surface area contributed by atoms with Gasteiger partial charge in [-0.3, -0.25) is 4.79 Å². The summed E-state index contributed by atoms with van der Waals surface area (Å²) in [5, 5.41) is 3.35. The molecule has 1 aliphatic carbocycles. The van der Waals surface area contributed by atoms with Gasteiger partial charge >= 0.3 is 0 Å². The second-order valence-electron chi connectivity index (χ2n) is 4.84. The van der Waals surface area contributed by atoms with Crippen molar-refractivity contribution < 1.29 is 4.74 Å². The molecule has 0 saturated heterocycles. The average molecular weight is 234 g/mol. The fourth-order valence-corrected chi connectivity index (χ4v) is 3.07. The van der Waals surface area contributed by atoms with E-state index in [2.05, 4.69) is 10.3 Å². The number of aryl methyl sites for hydroxylation is 1. The minimum atomic E-state index is 0.0961. The zero-order valence-electron chi connectivity index (χ0n) is 10.1. The molecule has 0 radical (unpaired) electrons. The van der Waals surface area contributed by atoms with Gasteiger partial charge in [0.15, 0.2) is 0 Å². The molecule has 1 aliphatic heterocycles. The molecule has 2 aliphatic rings. The number of nitrogens with one attached hydrogen (secondary N) is 2. The van der Waals surface area contributed by atoms with Gasteiger partial charge < -0.3 is 15.0 Å². The Morgan fingerprint density at radius 3 is 3.06 bits per heavy atom. The maximum atomic E-state index is 12.0. The van der Waals surface area contributed by atoms with Crippen molar-refractivity contribution in [1.29, 1.82) is 0 Å². The third kappa shape index (κ3) is 1.72. The number of ether oxygens (including phenoxy) is 1. The monoisotopic (exact) mass is 234 g/mol. The number of pyridine rings is 1. The van der Waals surface area contributed by atoms with Gasteiger partial charge in [0.1, 0.15) is 0 Å². The van der Waals surface area contributed by atoms with E-state index in [4.69, 9.17) is 4.74 Å². The van der Waals surface area contributed by atoms with Gasteiger partial charge in [0.2, 0.25) is 0 Å². The lowest BCUT2D eigenvalue weighted by Crippen LogP contribution is -2.32. The standard InChI is InChI=1S/C13H18N2O2/c1-14-10-3-2-4-11-12(10)9-7-17-6-5-8(9)13(16)15-11/h10,14H,2-7H2,1H3,(H,15,16). The number of H-pyrrole nitrogens is 1. The first-order valence-electron chi connectivity index (χ1n) is 6.33. The summed E-state index contributed by atoms with van der Waals surface area (Å²) in [5.41, 5.74) is 4.60. The van der Waals surface area contributed by atoms with E-state index in [1.54, 1.807) is 0 Å². The zero-order valence-corrected chi connectivity index (χ0v) is 10.1. The molecule has 1 atom stereocenters. The third-order valence-electron chi connectivity index (χ3n) is 3.91. The van der Waals surface area contributed by atoms with E-state index < -0.39 is 0 Å². The largest absolute Gasteiger partial charge is 0.376 e. The first kappa shape index (κ1) is 11.0. The topological polar surface area (TPSA) is 54.1 Å². The summed E-state index contributed by atoms with van der Waals surface area (Å²) in [7, 11) is 1.99. The van der Waals surface area contributed by atoms with Gasteiger partial charge in [0, 0.05) is 23.7 Å². The van der Waals surface area contributed by atoms with E-state index >= 15 is 0 Å². The Kier molecular flexibility index (Phi) is 2.76. The number of hydrogen-bond donors (Lipinski definition) is 2. The Bertz CT molecular complexity index is 493. The van der Waals surface area contributed by atoms with Gasteiger partial charge in [-0.15, -0.1) is 0 Å². The summed E-state index contributed by atoms with van der Waals surface area (Å²) < 4.78 is 5.53. The van der Waals surface area contributed by atoms with Crippen molar-refractivity contribution in [3.05, 3.63) is 32.7 Å². The molecular weight excluding hydrogens is 216 g/mol. The Hall–Kier alpha value is -1.13. The highest BCUT2D eigenvalue weighted by molar-refractivity contribution is 5.40. The zero-order chi connectivity index (χ0) is 11.8. The molecule has 1 unspecified atom stereocenters. The molecule has 2 N–H and O–H groups in total. The fourth-order valence-electron chi connectivity index (χ4n) is 3.07. The molecule has 0 amide bonds. The molecule has 4 nitrogen and oxygen atoms in total. The predicted molar refractivity (Wildman–Crippen MR) is 65.2 cm³/mol. The molecule has 17 heavy (non-hydrogen) atoms. The Morgan fingerprint density at radius 2 is 2.24 bits per heavy atom. The predicted octanol–water partition coefficient (Wildman–Crippen LogP) is 1.04. The molecule has 0 bridgehead atoms. The molecule has 3 rings (SSSR count). The first-order chi connectivity index (χ1) is 8.31. The molecule has 0 spiro atoms. The van der Waals surface area contributed by atoms with Crippen molar-refractivity contribution in [2.45, 2.75) is 38.3 Å². The van der Waals surface area contributed by atoms with Crippen LogP contribution in [0, 0.1) is 0 Å². The van der Waals surface area contributed by atoms with Crippen molar-refractivity contribution in [3.63, 3.8) is 0 Å². The highest BCUT2D eigenvalue weighted by Crippen LogP contribution is 2.33. The van der Waals surface area contributed by atoms with E-state index in [9.17, 15) is 4.79 Å². The summed E-state index contributed by atoms with van der Waals surface area (Å²) in [6.45, 7) is 1.26. The highest BCUT2D eigenvalue weighted by Gasteiger charge is 2.27. The Balaban J connectivity index is 2.21. The lowest BCUT2D eigenvalue weighted by atomic mass is 9.85. The van der Waals surface area contributed by atoms with Crippen LogP contribution >= 0.6 is 0 Å². The van der Waals surface area contributed by atoms with Gasteiger partial charge in [-0.1, -0.05) is 0 Å². The highest BCUT2D eigenvalue weighted by atomic mass is 16.5. The summed E-state index contributed by atoms with van der Waals surface area (Å²) in [5.74, 6) is 0. The van der Waals surface area contributed by atoms with Crippen molar-refractivity contribution in [1.82, 2.24) is 10.3 Å². The molecule has 0 aromatic carbocycles. The van der Waals surface area contributed by atoms with Crippen LogP contribution in [-0.4, -0.2) is 18.6 Å². The van der Waals surface area contributed by atoms with Gasteiger partial charge in [-0.05, 0) is 37.4 Å². The van der Waals surface area contributed by atoms with Gasteiger partial charge in [-0.25, -0.2) is 0 Å². The molecule has 92 valence electrons. The van der Waals surface area contributed by atoms with Crippen LogP contribution in [0.5, 0.6) is 0 Å². The van der Waals surface area contributed by atoms with E-state index in [1.807, 2.05) is 7.05 Å². The molecule has 1 aromatic heterocycles. The summed E-state index contributed by atoms with van der Waals surface area (Å²) >= 11 is 0. The molecule has 4 heteroatoms. The Morgan fingerprint density at radius 1 is 1.35 bits per heavy atom. The van der Waals surface area contributed by atoms with Crippen molar-refractivity contribution in [2.75, 3.05) is 13.7 Å². The van der Waals surface area contributed by atoms with Crippen molar-refractivity contribution in [2.24, 2.45) is 0 Å². The van der Waals surface area contributed by atoms with Crippen molar-refractivity contribution in [3.8, 4) is 0 Å². The van der Waals surface area contributed by atoms with Crippen LogP contribution in [0.1, 0.15) is 41.3 Å². The van der Waals surface area contributed by atoms with Gasteiger partial charge in [-0.2, -0.15) is 0 Å². The second-order valence-corrected chi connectivity index (χ2v) is 4.84. The minimum absolute atomic E-state index is 0.0961. The smallest absolute Gasteiger partial charge is 0.251 e. The van der Waals surface area contributed by atoms with Gasteiger partial charge in [0.25, 0.3) is 5.56 Å². The minimum Gasteiger partial charge on any atom is -0.376 e. The van der Waals surface area contributed by atoms with E-state index in [0.717, 1.165) is 42.5 Å². The summed E-state index contributed by atoms with van der Waals surface area (Å²) in [6, 6.07) is 0.367. The average Bonchev–Trinajstić information content (AvgIpc) is 2.38. The van der Waals surface area contributed by atoms with Gasteiger partial charge in [0.05, 0.1) is 13.2 Å². The van der Waals surface area contributed by atoms with Crippen LogP contribution in [0.3, 0.4) is 0 Å². The number of rotatable bonds is 1. The number of fused-ring (bicyclic) bond motifs is 3. The molecular formula is C13H18N2O2. The first-order valence-corrected chi connectivity index (χ1v) is 6.33. The molecule has 0 fully saturated rings. The lowest BCUT2D eigenvalue weighted by molar-refractivity contribution is 0.108. The molecule has 2 heterocycles. The van der Waals surface area contributed by atoms with Crippen molar-refractivity contribution >= 4 is 0 Å². The van der Waals surface area contributed by atoms with Crippen LogP contribution in [-0.2, 0) is 24.2 Å². The van der Waals surface area contributed by atoms with E-state index in [1.165, 1.54) is 5.56 Å². The van der Waals surface area contributed by atoms with Crippen LogP contribution in [0.4, 0.5) is 0 Å². The maximum Gasteiger partial charge on any atom is 0.251 e. The van der Waals surface area contributed by atoms with Crippen LogP contribution in [0.2, 0.25) is 0 Å². The summed E-state index contributed by atoms with van der Waals surface area (Å²) in [6.07, 6.45) is 4.00. The van der Waals surface area contributed by atoms with E-state index in [-0.39, 0.29) is 5.56 Å².